The van der Waals surface area contributed by atoms with Crippen LogP contribution in [0.3, 0.4) is 0 Å². The molecule has 25 heavy (non-hydrogen) atoms. The van der Waals surface area contributed by atoms with Gasteiger partial charge in [0.05, 0.1) is 16.3 Å². The second-order valence-electron chi connectivity index (χ2n) is 7.83. The third kappa shape index (κ3) is 2.52. The summed E-state index contributed by atoms with van der Waals surface area (Å²) in [5, 5.41) is 0. The summed E-state index contributed by atoms with van der Waals surface area (Å²) in [6, 6.07) is 0. The topological polar surface area (TPSA) is 67.5 Å². The van der Waals surface area contributed by atoms with Gasteiger partial charge in [-0.25, -0.2) is 4.98 Å². The summed E-state index contributed by atoms with van der Waals surface area (Å²) in [7, 11) is 4.03. The minimum absolute atomic E-state index is 0.298. The Kier molecular flexibility index (Phi) is 3.66. The van der Waals surface area contributed by atoms with Crippen molar-refractivity contribution in [3.63, 3.8) is 0 Å². The molecule has 0 spiro atoms. The zero-order chi connectivity index (χ0) is 17.1. The van der Waals surface area contributed by atoms with Crippen molar-refractivity contribution < 1.29 is 4.74 Å². The predicted molar refractivity (Wildman–Crippen MR) is 101 cm³/mol. The van der Waals surface area contributed by atoms with Crippen molar-refractivity contribution >= 4 is 33.3 Å². The van der Waals surface area contributed by atoms with Crippen LogP contribution in [0.25, 0.3) is 10.2 Å². The maximum atomic E-state index is 6.11. The van der Waals surface area contributed by atoms with Gasteiger partial charge in [0.25, 0.3) is 0 Å². The fraction of sp³-hybridized carbons (Fsp3) is 0.667. The molecule has 0 radical (unpaired) electrons. The second-order valence-corrected chi connectivity index (χ2v) is 8.94. The number of aromatic nitrogens is 2. The highest BCUT2D eigenvalue weighted by Gasteiger charge is 2.40. The van der Waals surface area contributed by atoms with Gasteiger partial charge in [0, 0.05) is 44.6 Å². The van der Waals surface area contributed by atoms with E-state index < -0.39 is 0 Å². The van der Waals surface area contributed by atoms with Crippen molar-refractivity contribution in [1.82, 2.24) is 14.9 Å². The molecular weight excluding hydrogens is 334 g/mol. The van der Waals surface area contributed by atoms with Gasteiger partial charge in [0.15, 0.2) is 5.82 Å². The zero-order valence-electron chi connectivity index (χ0n) is 14.9. The first-order valence-corrected chi connectivity index (χ1v) is 9.98. The summed E-state index contributed by atoms with van der Waals surface area (Å²) < 4.78 is 6.83. The number of fused-ring (bicyclic) bond motifs is 4. The minimum atomic E-state index is 0.298. The Morgan fingerprint density at radius 3 is 2.64 bits per heavy atom. The van der Waals surface area contributed by atoms with Crippen LogP contribution in [0.4, 0.5) is 11.8 Å². The molecule has 3 aliphatic rings. The van der Waals surface area contributed by atoms with E-state index in [1.165, 1.54) is 28.2 Å². The highest BCUT2D eigenvalue weighted by atomic mass is 32.1. The van der Waals surface area contributed by atoms with Gasteiger partial charge in [-0.15, -0.1) is 11.3 Å². The molecule has 0 aromatic carbocycles. The highest BCUT2D eigenvalue weighted by molar-refractivity contribution is 7.19. The molecule has 2 N–H and O–H groups in total. The average Bonchev–Trinajstić information content (AvgIpc) is 3.24. The molecule has 134 valence electrons. The lowest BCUT2D eigenvalue weighted by atomic mass is 9.95. The lowest BCUT2D eigenvalue weighted by Gasteiger charge is -2.21. The van der Waals surface area contributed by atoms with Crippen molar-refractivity contribution in [3.8, 4) is 0 Å². The van der Waals surface area contributed by atoms with Crippen molar-refractivity contribution in [1.29, 1.82) is 0 Å². The molecule has 2 aromatic heterocycles. The number of thiophene rings is 1. The van der Waals surface area contributed by atoms with Gasteiger partial charge in [0.1, 0.15) is 0 Å². The molecular formula is C18H25N5OS. The SMILES string of the molecule is COC1CCc2sc3c(N4CC5CN(C)C[C@H]5C4)nc(N)nc3c2C1. The van der Waals surface area contributed by atoms with E-state index >= 15 is 0 Å². The molecule has 2 aromatic rings. The normalized spacial score (nSPS) is 29.4. The summed E-state index contributed by atoms with van der Waals surface area (Å²) in [6.07, 6.45) is 3.41. The third-order valence-electron chi connectivity index (χ3n) is 6.14. The monoisotopic (exact) mass is 359 g/mol. The molecule has 4 heterocycles. The Morgan fingerprint density at radius 1 is 1.16 bits per heavy atom. The van der Waals surface area contributed by atoms with Crippen LogP contribution in [0.1, 0.15) is 16.9 Å². The molecule has 5 rings (SSSR count). The lowest BCUT2D eigenvalue weighted by Crippen LogP contribution is -2.27. The maximum absolute atomic E-state index is 6.11. The van der Waals surface area contributed by atoms with Crippen LogP contribution in [0.5, 0.6) is 0 Å². The number of hydrogen-bond donors (Lipinski definition) is 1. The van der Waals surface area contributed by atoms with E-state index in [9.17, 15) is 0 Å². The van der Waals surface area contributed by atoms with Gasteiger partial charge in [-0.2, -0.15) is 4.98 Å². The Bertz CT molecular complexity index is 807. The molecule has 3 atom stereocenters. The number of nitrogens with two attached hydrogens (primary N) is 1. The molecule has 6 nitrogen and oxygen atoms in total. The standard InChI is InChI=1S/C18H25N5OS/c1-22-6-10-8-23(9-11(10)7-22)17-16-15(20-18(19)21-17)13-5-12(24-2)3-4-14(13)25-16/h10-12H,3-9H2,1-2H3,(H2,19,20,21)/t10-,11?,12?/m0/s1. The van der Waals surface area contributed by atoms with E-state index in [1.807, 2.05) is 11.3 Å². The first kappa shape index (κ1) is 15.8. The molecule has 7 heteroatoms. The van der Waals surface area contributed by atoms with E-state index in [0.717, 1.165) is 55.5 Å². The average molecular weight is 359 g/mol. The number of anilines is 2. The summed E-state index contributed by atoms with van der Waals surface area (Å²) >= 11 is 1.87. The van der Waals surface area contributed by atoms with Crippen LogP contribution in [0.15, 0.2) is 0 Å². The van der Waals surface area contributed by atoms with Crippen molar-refractivity contribution in [3.05, 3.63) is 10.4 Å². The fourth-order valence-electron chi connectivity index (χ4n) is 4.92. The third-order valence-corrected chi connectivity index (χ3v) is 7.42. The summed E-state index contributed by atoms with van der Waals surface area (Å²) in [6.45, 7) is 4.57. The van der Waals surface area contributed by atoms with Crippen molar-refractivity contribution in [2.24, 2.45) is 11.8 Å². The fourth-order valence-corrected chi connectivity index (χ4v) is 6.22. The number of likely N-dealkylation sites (tertiary alicyclic amines) is 1. The Hall–Kier alpha value is -1.44. The molecule has 2 fully saturated rings. The first-order chi connectivity index (χ1) is 12.1. The molecule has 2 saturated heterocycles. The molecule has 2 unspecified atom stereocenters. The number of nitrogens with zero attached hydrogens (tertiary/aromatic N) is 4. The first-order valence-electron chi connectivity index (χ1n) is 9.16. The van der Waals surface area contributed by atoms with Crippen LogP contribution in [0.2, 0.25) is 0 Å². The molecule has 2 aliphatic heterocycles. The quantitative estimate of drug-likeness (QED) is 0.882. The zero-order valence-corrected chi connectivity index (χ0v) is 15.7. The van der Waals surface area contributed by atoms with Crippen LogP contribution in [0, 0.1) is 11.8 Å². The molecule has 0 saturated carbocycles. The number of rotatable bonds is 2. The summed E-state index contributed by atoms with van der Waals surface area (Å²) in [4.78, 5) is 15.6. The van der Waals surface area contributed by atoms with Gasteiger partial charge in [-0.1, -0.05) is 0 Å². The summed E-state index contributed by atoms with van der Waals surface area (Å²) in [5.74, 6) is 2.97. The van der Waals surface area contributed by atoms with Crippen LogP contribution >= 0.6 is 11.3 Å². The molecule has 0 amide bonds. The van der Waals surface area contributed by atoms with E-state index in [2.05, 4.69) is 26.8 Å². The number of nitrogen functional groups attached to an aromatic ring is 1. The largest absolute Gasteiger partial charge is 0.381 e. The molecule has 0 bridgehead atoms. The van der Waals surface area contributed by atoms with Crippen molar-refractivity contribution in [2.75, 3.05) is 51.0 Å². The molecule has 1 aliphatic carbocycles. The van der Waals surface area contributed by atoms with Gasteiger partial charge in [0.2, 0.25) is 5.95 Å². The minimum Gasteiger partial charge on any atom is -0.381 e. The van der Waals surface area contributed by atoms with E-state index in [-0.39, 0.29) is 0 Å². The number of hydrogen-bond acceptors (Lipinski definition) is 7. The lowest BCUT2D eigenvalue weighted by molar-refractivity contribution is 0.0919. The Balaban J connectivity index is 1.55. The maximum Gasteiger partial charge on any atom is 0.222 e. The van der Waals surface area contributed by atoms with Gasteiger partial charge in [-0.3, -0.25) is 0 Å². The number of methoxy groups -OCH3 is 1. The predicted octanol–water partition coefficient (Wildman–Crippen LogP) is 1.78. The van der Waals surface area contributed by atoms with E-state index in [1.54, 1.807) is 7.11 Å². The van der Waals surface area contributed by atoms with E-state index in [4.69, 9.17) is 10.5 Å². The van der Waals surface area contributed by atoms with Crippen molar-refractivity contribution in [2.45, 2.75) is 25.4 Å². The smallest absolute Gasteiger partial charge is 0.222 e. The van der Waals surface area contributed by atoms with Crippen LogP contribution < -0.4 is 10.6 Å². The Labute approximate surface area is 152 Å². The number of aryl methyl sites for hydroxylation is 1. The van der Waals surface area contributed by atoms with Crippen LogP contribution in [-0.2, 0) is 17.6 Å². The van der Waals surface area contributed by atoms with Gasteiger partial charge >= 0.3 is 0 Å². The highest BCUT2D eigenvalue weighted by Crippen LogP contribution is 2.42. The summed E-state index contributed by atoms with van der Waals surface area (Å²) in [5.41, 5.74) is 8.51. The van der Waals surface area contributed by atoms with Crippen LogP contribution in [-0.4, -0.2) is 61.3 Å². The second kappa shape index (κ2) is 5.79. The Morgan fingerprint density at radius 2 is 1.92 bits per heavy atom. The van der Waals surface area contributed by atoms with Gasteiger partial charge < -0.3 is 20.3 Å². The number of ether oxygens (including phenoxy) is 1. The van der Waals surface area contributed by atoms with E-state index in [0.29, 0.717) is 12.1 Å². The van der Waals surface area contributed by atoms with Gasteiger partial charge in [-0.05, 0) is 37.3 Å².